The molecular formula is C27H25N3O7. The summed E-state index contributed by atoms with van der Waals surface area (Å²) < 4.78 is 18.1. The van der Waals surface area contributed by atoms with Crippen LogP contribution in [-0.4, -0.2) is 53.9 Å². The van der Waals surface area contributed by atoms with Crippen molar-refractivity contribution in [3.63, 3.8) is 0 Å². The first-order valence-corrected chi connectivity index (χ1v) is 11.4. The fourth-order valence-electron chi connectivity index (χ4n) is 3.76. The van der Waals surface area contributed by atoms with Crippen LogP contribution < -0.4 is 25.0 Å². The number of nitrogens with one attached hydrogen (secondary N) is 1. The monoisotopic (exact) mass is 503 g/mol. The van der Waals surface area contributed by atoms with Gasteiger partial charge < -0.3 is 29.2 Å². The standard InChI is InChI=1S/C27H25N3O7/c1-35-20-11-18(12-21(13-20)36-2)30-16-23(27(33)34)25(31)22-7-6-19(14-24(22)30)37-10-4-9-29-26(32)17-5-3-8-28-15-17/h3,5-8,11-16H,4,9-10H2,1-2H3,(H,29,32)(H,33,34). The number of methoxy groups -OCH3 is 2. The highest BCUT2D eigenvalue weighted by Gasteiger charge is 2.17. The molecule has 0 atom stereocenters. The zero-order chi connectivity index (χ0) is 26.4. The van der Waals surface area contributed by atoms with Crippen LogP contribution in [0.1, 0.15) is 27.1 Å². The number of aromatic carboxylic acids is 1. The van der Waals surface area contributed by atoms with E-state index < -0.39 is 11.4 Å². The maximum Gasteiger partial charge on any atom is 0.341 e. The molecule has 37 heavy (non-hydrogen) atoms. The number of carbonyl (C=O) groups is 2. The quantitative estimate of drug-likeness (QED) is 0.316. The molecule has 0 radical (unpaired) electrons. The first-order valence-electron chi connectivity index (χ1n) is 11.4. The second-order valence-corrected chi connectivity index (χ2v) is 8.00. The first kappa shape index (κ1) is 25.2. The molecular weight excluding hydrogens is 478 g/mol. The molecule has 10 nitrogen and oxygen atoms in total. The van der Waals surface area contributed by atoms with E-state index in [1.54, 1.807) is 53.2 Å². The van der Waals surface area contributed by atoms with Crippen molar-refractivity contribution in [3.05, 3.63) is 88.5 Å². The van der Waals surface area contributed by atoms with Gasteiger partial charge in [-0.3, -0.25) is 14.6 Å². The lowest BCUT2D eigenvalue weighted by Crippen LogP contribution is -2.25. The number of hydrogen-bond donors (Lipinski definition) is 2. The summed E-state index contributed by atoms with van der Waals surface area (Å²) in [6.45, 7) is 0.709. The molecule has 0 aliphatic carbocycles. The Hall–Kier alpha value is -4.86. The molecule has 190 valence electrons. The fourth-order valence-corrected chi connectivity index (χ4v) is 3.76. The smallest absolute Gasteiger partial charge is 0.341 e. The second-order valence-electron chi connectivity index (χ2n) is 8.00. The van der Waals surface area contributed by atoms with E-state index in [4.69, 9.17) is 14.2 Å². The first-order chi connectivity index (χ1) is 17.9. The number of amides is 1. The van der Waals surface area contributed by atoms with Gasteiger partial charge in [-0.15, -0.1) is 0 Å². The lowest BCUT2D eigenvalue weighted by molar-refractivity contribution is 0.0694. The van der Waals surface area contributed by atoms with Crippen LogP contribution in [0.25, 0.3) is 16.6 Å². The number of ether oxygens (including phenoxy) is 3. The van der Waals surface area contributed by atoms with E-state index in [0.29, 0.717) is 53.6 Å². The highest BCUT2D eigenvalue weighted by molar-refractivity contribution is 5.94. The van der Waals surface area contributed by atoms with Crippen LogP contribution in [0.4, 0.5) is 0 Å². The summed E-state index contributed by atoms with van der Waals surface area (Å²) in [6.07, 6.45) is 4.91. The lowest BCUT2D eigenvalue weighted by Gasteiger charge is -2.16. The molecule has 2 heterocycles. The van der Waals surface area contributed by atoms with E-state index in [1.807, 2.05) is 0 Å². The number of carboxylic acids is 1. The number of hydrogen-bond acceptors (Lipinski definition) is 7. The van der Waals surface area contributed by atoms with E-state index in [1.165, 1.54) is 32.7 Å². The van der Waals surface area contributed by atoms with Crippen molar-refractivity contribution in [1.29, 1.82) is 0 Å². The number of nitrogens with zero attached hydrogens (tertiary/aromatic N) is 2. The normalized spacial score (nSPS) is 10.6. The molecule has 2 aromatic heterocycles. The molecule has 4 aromatic rings. The van der Waals surface area contributed by atoms with Gasteiger partial charge in [0.1, 0.15) is 22.8 Å². The number of fused-ring (bicyclic) bond motifs is 1. The van der Waals surface area contributed by atoms with E-state index >= 15 is 0 Å². The maximum absolute atomic E-state index is 12.9. The van der Waals surface area contributed by atoms with E-state index in [-0.39, 0.29) is 16.9 Å². The van der Waals surface area contributed by atoms with Crippen LogP contribution in [0.15, 0.2) is 71.9 Å². The Bertz CT molecular complexity index is 1480. The number of carbonyl (C=O) groups excluding carboxylic acids is 1. The molecule has 0 unspecified atom stereocenters. The van der Waals surface area contributed by atoms with Gasteiger partial charge in [-0.2, -0.15) is 0 Å². The van der Waals surface area contributed by atoms with Crippen molar-refractivity contribution in [3.8, 4) is 22.9 Å². The Labute approximate surface area is 212 Å². The molecule has 10 heteroatoms. The molecule has 0 fully saturated rings. The minimum absolute atomic E-state index is 0.217. The van der Waals surface area contributed by atoms with Crippen LogP contribution in [0.5, 0.6) is 17.2 Å². The summed E-state index contributed by atoms with van der Waals surface area (Å²) in [4.78, 5) is 40.7. The van der Waals surface area contributed by atoms with Gasteiger partial charge in [0.15, 0.2) is 0 Å². The lowest BCUT2D eigenvalue weighted by atomic mass is 10.1. The average molecular weight is 504 g/mol. The van der Waals surface area contributed by atoms with Crippen LogP contribution in [0, 0.1) is 0 Å². The SMILES string of the molecule is COc1cc(OC)cc(-n2cc(C(=O)O)c(=O)c3ccc(OCCCNC(=O)c4cccnc4)cc32)c1. The molecule has 1 amide bonds. The predicted molar refractivity (Wildman–Crippen MR) is 136 cm³/mol. The molecule has 0 aliphatic rings. The third-order valence-electron chi connectivity index (χ3n) is 5.62. The average Bonchev–Trinajstić information content (AvgIpc) is 2.92. The molecule has 2 N–H and O–H groups in total. The Morgan fingerprint density at radius 2 is 1.78 bits per heavy atom. The summed E-state index contributed by atoms with van der Waals surface area (Å²) in [5.41, 5.74) is 0.503. The zero-order valence-electron chi connectivity index (χ0n) is 20.3. The van der Waals surface area contributed by atoms with Gasteiger partial charge >= 0.3 is 5.97 Å². The second kappa shape index (κ2) is 11.3. The third kappa shape index (κ3) is 5.69. The number of benzene rings is 2. The summed E-state index contributed by atoms with van der Waals surface area (Å²) in [5.74, 6) is -0.0651. The van der Waals surface area contributed by atoms with E-state index in [0.717, 1.165) is 0 Å². The van der Waals surface area contributed by atoms with Gasteiger partial charge in [-0.05, 0) is 30.7 Å². The molecule has 2 aromatic carbocycles. The van der Waals surface area contributed by atoms with Crippen LogP contribution in [0.2, 0.25) is 0 Å². The zero-order valence-corrected chi connectivity index (χ0v) is 20.3. The highest BCUT2D eigenvalue weighted by Crippen LogP contribution is 2.28. The fraction of sp³-hybridized carbons (Fsp3) is 0.185. The summed E-state index contributed by atoms with van der Waals surface area (Å²) >= 11 is 0. The number of carboxylic acid groups (broad SMARTS) is 1. The van der Waals surface area contributed by atoms with Gasteiger partial charge in [0.25, 0.3) is 5.91 Å². The van der Waals surface area contributed by atoms with Crippen molar-refractivity contribution >= 4 is 22.8 Å². The summed E-state index contributed by atoms with van der Waals surface area (Å²) in [7, 11) is 3.02. The Morgan fingerprint density at radius 1 is 1.03 bits per heavy atom. The molecule has 0 saturated carbocycles. The minimum Gasteiger partial charge on any atom is -0.497 e. The van der Waals surface area contributed by atoms with E-state index in [9.17, 15) is 19.5 Å². The van der Waals surface area contributed by atoms with Crippen molar-refractivity contribution in [2.24, 2.45) is 0 Å². The van der Waals surface area contributed by atoms with Crippen LogP contribution in [0.3, 0.4) is 0 Å². The molecule has 0 bridgehead atoms. The predicted octanol–water partition coefficient (Wildman–Crippen LogP) is 3.30. The van der Waals surface area contributed by atoms with Gasteiger partial charge in [-0.25, -0.2) is 4.79 Å². The Morgan fingerprint density at radius 3 is 2.43 bits per heavy atom. The van der Waals surface area contributed by atoms with Gasteiger partial charge in [0, 0.05) is 54.8 Å². The highest BCUT2D eigenvalue weighted by atomic mass is 16.5. The molecule has 0 spiro atoms. The molecule has 0 aliphatic heterocycles. The van der Waals surface area contributed by atoms with Crippen molar-refractivity contribution in [2.45, 2.75) is 6.42 Å². The number of rotatable bonds is 10. The topological polar surface area (TPSA) is 129 Å². The van der Waals surface area contributed by atoms with E-state index in [2.05, 4.69) is 10.3 Å². The Balaban J connectivity index is 1.59. The molecule has 4 rings (SSSR count). The van der Waals surface area contributed by atoms with Gasteiger partial charge in [0.2, 0.25) is 5.43 Å². The minimum atomic E-state index is -1.33. The van der Waals surface area contributed by atoms with Crippen molar-refractivity contribution in [1.82, 2.24) is 14.9 Å². The number of aromatic nitrogens is 2. The van der Waals surface area contributed by atoms with Crippen molar-refractivity contribution in [2.75, 3.05) is 27.4 Å². The Kier molecular flexibility index (Phi) is 7.68. The van der Waals surface area contributed by atoms with Gasteiger partial charge in [0.05, 0.1) is 37.6 Å². The number of pyridine rings is 2. The van der Waals surface area contributed by atoms with Gasteiger partial charge in [-0.1, -0.05) is 0 Å². The summed E-state index contributed by atoms with van der Waals surface area (Å²) in [6, 6.07) is 13.3. The third-order valence-corrected chi connectivity index (χ3v) is 5.62. The van der Waals surface area contributed by atoms with Crippen LogP contribution in [-0.2, 0) is 0 Å². The largest absolute Gasteiger partial charge is 0.497 e. The maximum atomic E-state index is 12.9. The molecule has 0 saturated heterocycles. The summed E-state index contributed by atoms with van der Waals surface area (Å²) in [5, 5.41) is 12.6. The van der Waals surface area contributed by atoms with Crippen LogP contribution >= 0.6 is 0 Å². The van der Waals surface area contributed by atoms with Crippen molar-refractivity contribution < 1.29 is 28.9 Å².